The molecule has 0 unspecified atom stereocenters. The van der Waals surface area contributed by atoms with E-state index in [0.717, 1.165) is 35.0 Å². The maximum absolute atomic E-state index is 11.5. The predicted octanol–water partition coefficient (Wildman–Crippen LogP) is 3.26. The van der Waals surface area contributed by atoms with Crippen molar-refractivity contribution in [3.05, 3.63) is 34.5 Å². The number of carboxylic acid groups (broad SMARTS) is 1. The molecule has 94 valence electrons. The van der Waals surface area contributed by atoms with E-state index >= 15 is 0 Å². The second-order valence-corrected chi connectivity index (χ2v) is 5.50. The van der Waals surface area contributed by atoms with Gasteiger partial charge in [0.2, 0.25) is 0 Å². The van der Waals surface area contributed by atoms with Gasteiger partial charge in [-0.25, -0.2) is 0 Å². The molecule has 0 atom stereocenters. The van der Waals surface area contributed by atoms with Crippen molar-refractivity contribution < 1.29 is 9.90 Å². The number of nitrogens with zero attached hydrogens (tertiary/aromatic N) is 1. The Bertz CT molecular complexity index is 668. The molecule has 1 heterocycles. The summed E-state index contributed by atoms with van der Waals surface area (Å²) in [7, 11) is 1.97. The number of aliphatic carboxylic acids is 1. The summed E-state index contributed by atoms with van der Waals surface area (Å²) in [5.74, 6) is -0.724. The molecule has 3 nitrogen and oxygen atoms in total. The summed E-state index contributed by atoms with van der Waals surface area (Å²) in [6.07, 6.45) is 1.43. The number of carbonyl (C=O) groups is 1. The van der Waals surface area contributed by atoms with Crippen LogP contribution in [0.5, 0.6) is 0 Å². The first-order valence-corrected chi connectivity index (χ1v) is 6.33. The summed E-state index contributed by atoms with van der Waals surface area (Å²) in [4.78, 5) is 11.5. The molecule has 4 heteroatoms. The van der Waals surface area contributed by atoms with E-state index in [4.69, 9.17) is 11.6 Å². The van der Waals surface area contributed by atoms with E-state index in [1.165, 1.54) is 0 Å². The lowest BCUT2D eigenvalue weighted by Gasteiger charge is -2.10. The largest absolute Gasteiger partial charge is 0.481 e. The summed E-state index contributed by atoms with van der Waals surface area (Å²) in [5, 5.41) is 11.1. The average molecular weight is 264 g/mol. The molecule has 0 aliphatic heterocycles. The molecule has 1 saturated carbocycles. The Labute approximate surface area is 110 Å². The molecule has 1 N–H and O–H groups in total. The number of halogens is 1. The summed E-state index contributed by atoms with van der Waals surface area (Å²) in [5.41, 5.74) is 2.32. The first-order valence-electron chi connectivity index (χ1n) is 5.96. The minimum absolute atomic E-state index is 0.649. The van der Waals surface area contributed by atoms with Crippen molar-refractivity contribution in [2.45, 2.75) is 25.2 Å². The Kier molecular flexibility index (Phi) is 2.26. The van der Waals surface area contributed by atoms with Gasteiger partial charge in [-0.15, -0.1) is 0 Å². The van der Waals surface area contributed by atoms with Crippen LogP contribution in [-0.2, 0) is 17.3 Å². The van der Waals surface area contributed by atoms with Gasteiger partial charge in [0.25, 0.3) is 0 Å². The van der Waals surface area contributed by atoms with E-state index in [0.29, 0.717) is 5.02 Å². The van der Waals surface area contributed by atoms with E-state index in [-0.39, 0.29) is 0 Å². The highest BCUT2D eigenvalue weighted by Crippen LogP contribution is 2.52. The maximum Gasteiger partial charge on any atom is 0.314 e. The van der Waals surface area contributed by atoms with Crippen LogP contribution in [0.25, 0.3) is 10.9 Å². The topological polar surface area (TPSA) is 42.2 Å². The summed E-state index contributed by atoms with van der Waals surface area (Å²) in [6, 6.07) is 5.67. The van der Waals surface area contributed by atoms with Crippen LogP contribution >= 0.6 is 11.6 Å². The molecular formula is C14H14ClNO2. The number of rotatable bonds is 2. The maximum atomic E-state index is 11.5. The summed E-state index contributed by atoms with van der Waals surface area (Å²) >= 11 is 6.05. The fourth-order valence-corrected chi connectivity index (χ4v) is 3.02. The number of benzene rings is 1. The van der Waals surface area contributed by atoms with E-state index in [1.54, 1.807) is 0 Å². The summed E-state index contributed by atoms with van der Waals surface area (Å²) in [6.45, 7) is 1.98. The van der Waals surface area contributed by atoms with Crippen molar-refractivity contribution >= 4 is 28.5 Å². The van der Waals surface area contributed by atoms with Crippen LogP contribution < -0.4 is 0 Å². The van der Waals surface area contributed by atoms with Crippen LogP contribution in [0.3, 0.4) is 0 Å². The SMILES string of the molecule is Cc1c(C2(C(=O)O)CC2)c2cc(Cl)ccc2n1C. The normalized spacial score (nSPS) is 17.1. The van der Waals surface area contributed by atoms with Crippen molar-refractivity contribution in [1.29, 1.82) is 0 Å². The fourth-order valence-electron chi connectivity index (χ4n) is 2.84. The Hall–Kier alpha value is -1.48. The molecule has 1 aromatic heterocycles. The van der Waals surface area contributed by atoms with Crippen molar-refractivity contribution in [3.63, 3.8) is 0 Å². The van der Waals surface area contributed by atoms with E-state index < -0.39 is 11.4 Å². The third-order valence-corrected chi connectivity index (χ3v) is 4.33. The molecule has 2 aromatic rings. The van der Waals surface area contributed by atoms with Gasteiger partial charge >= 0.3 is 5.97 Å². The molecule has 0 spiro atoms. The second kappa shape index (κ2) is 3.51. The van der Waals surface area contributed by atoms with Gasteiger partial charge in [-0.1, -0.05) is 11.6 Å². The Morgan fingerprint density at radius 1 is 1.44 bits per heavy atom. The molecule has 1 aliphatic carbocycles. The second-order valence-electron chi connectivity index (χ2n) is 5.07. The molecule has 0 amide bonds. The fraction of sp³-hybridized carbons (Fsp3) is 0.357. The van der Waals surface area contributed by atoms with Gasteiger partial charge < -0.3 is 9.67 Å². The third kappa shape index (κ3) is 1.34. The number of aryl methyl sites for hydroxylation is 1. The highest BCUT2D eigenvalue weighted by atomic mass is 35.5. The van der Waals surface area contributed by atoms with Gasteiger partial charge in [0, 0.05) is 28.7 Å². The van der Waals surface area contributed by atoms with E-state index in [2.05, 4.69) is 0 Å². The standard InChI is InChI=1S/C14H14ClNO2/c1-8-12(14(5-6-14)13(17)18)10-7-9(15)3-4-11(10)16(8)2/h3-4,7H,5-6H2,1-2H3,(H,17,18). The lowest BCUT2D eigenvalue weighted by molar-refractivity contribution is -0.140. The lowest BCUT2D eigenvalue weighted by Crippen LogP contribution is -2.20. The van der Waals surface area contributed by atoms with Crippen molar-refractivity contribution in [1.82, 2.24) is 4.57 Å². The van der Waals surface area contributed by atoms with Gasteiger partial charge in [-0.2, -0.15) is 0 Å². The van der Waals surface area contributed by atoms with Crippen LogP contribution in [0.4, 0.5) is 0 Å². The van der Waals surface area contributed by atoms with Crippen molar-refractivity contribution in [2.75, 3.05) is 0 Å². The predicted molar refractivity (Wildman–Crippen MR) is 71.2 cm³/mol. The van der Waals surface area contributed by atoms with Crippen molar-refractivity contribution in [2.24, 2.45) is 7.05 Å². The zero-order valence-electron chi connectivity index (χ0n) is 10.3. The van der Waals surface area contributed by atoms with Crippen LogP contribution in [0.15, 0.2) is 18.2 Å². The van der Waals surface area contributed by atoms with E-state index in [1.807, 2.05) is 36.7 Å². The quantitative estimate of drug-likeness (QED) is 0.904. The van der Waals surface area contributed by atoms with Gasteiger partial charge in [0.1, 0.15) is 0 Å². The highest BCUT2D eigenvalue weighted by Gasteiger charge is 2.54. The minimum Gasteiger partial charge on any atom is -0.481 e. The number of hydrogen-bond acceptors (Lipinski definition) is 1. The van der Waals surface area contributed by atoms with Gasteiger partial charge in [0.05, 0.1) is 5.41 Å². The van der Waals surface area contributed by atoms with Crippen LogP contribution in [0, 0.1) is 6.92 Å². The smallest absolute Gasteiger partial charge is 0.314 e. The molecule has 1 fully saturated rings. The zero-order chi connectivity index (χ0) is 13.1. The number of hydrogen-bond donors (Lipinski definition) is 1. The van der Waals surface area contributed by atoms with Crippen LogP contribution in [0.1, 0.15) is 24.1 Å². The Morgan fingerprint density at radius 2 is 2.11 bits per heavy atom. The zero-order valence-corrected chi connectivity index (χ0v) is 11.1. The summed E-state index contributed by atoms with van der Waals surface area (Å²) < 4.78 is 2.05. The van der Waals surface area contributed by atoms with Crippen LogP contribution in [0.2, 0.25) is 5.02 Å². The van der Waals surface area contributed by atoms with E-state index in [9.17, 15) is 9.90 Å². The first-order chi connectivity index (χ1) is 8.47. The highest BCUT2D eigenvalue weighted by molar-refractivity contribution is 6.31. The van der Waals surface area contributed by atoms with Gasteiger partial charge in [-0.05, 0) is 43.5 Å². The third-order valence-electron chi connectivity index (χ3n) is 4.09. The number of fused-ring (bicyclic) bond motifs is 1. The Balaban J connectivity index is 2.39. The molecule has 3 rings (SSSR count). The molecular weight excluding hydrogens is 250 g/mol. The molecule has 18 heavy (non-hydrogen) atoms. The molecule has 0 radical (unpaired) electrons. The number of aromatic nitrogens is 1. The van der Waals surface area contributed by atoms with Crippen molar-refractivity contribution in [3.8, 4) is 0 Å². The molecule has 0 bridgehead atoms. The minimum atomic E-state index is -0.724. The molecule has 1 aromatic carbocycles. The lowest BCUT2D eigenvalue weighted by atomic mass is 9.93. The monoisotopic (exact) mass is 263 g/mol. The average Bonchev–Trinajstić information content (AvgIpc) is 3.06. The Morgan fingerprint density at radius 3 is 2.67 bits per heavy atom. The molecule has 0 saturated heterocycles. The molecule has 1 aliphatic rings. The first kappa shape index (κ1) is 11.6. The van der Waals surface area contributed by atoms with Gasteiger partial charge in [-0.3, -0.25) is 4.79 Å². The van der Waals surface area contributed by atoms with Gasteiger partial charge in [0.15, 0.2) is 0 Å². The van der Waals surface area contributed by atoms with Crippen LogP contribution in [-0.4, -0.2) is 15.6 Å². The number of carboxylic acids is 1.